The Morgan fingerprint density at radius 2 is 2.09 bits per heavy atom. The van der Waals surface area contributed by atoms with Crippen LogP contribution in [0.15, 0.2) is 42.5 Å². The molecule has 1 amide bonds. The maximum atomic E-state index is 12.0. The van der Waals surface area contributed by atoms with Crippen molar-refractivity contribution in [2.45, 2.75) is 12.8 Å². The van der Waals surface area contributed by atoms with E-state index in [-0.39, 0.29) is 11.7 Å². The van der Waals surface area contributed by atoms with Gasteiger partial charge in [-0.3, -0.25) is 4.79 Å². The van der Waals surface area contributed by atoms with Crippen LogP contribution in [-0.4, -0.2) is 16.0 Å². The van der Waals surface area contributed by atoms with Crippen molar-refractivity contribution >= 4 is 44.7 Å². The number of benzene rings is 2. The summed E-state index contributed by atoms with van der Waals surface area (Å²) in [5, 5.41) is 13.7. The minimum Gasteiger partial charge on any atom is -0.506 e. The molecule has 0 spiro atoms. The van der Waals surface area contributed by atoms with E-state index in [0.29, 0.717) is 23.6 Å². The number of phenols is 1. The maximum absolute atomic E-state index is 12.0. The molecule has 1 heterocycles. The molecule has 0 aliphatic heterocycles. The van der Waals surface area contributed by atoms with Crippen LogP contribution in [0.4, 0.5) is 5.69 Å². The van der Waals surface area contributed by atoms with Gasteiger partial charge in [-0.15, -0.1) is 11.3 Å². The van der Waals surface area contributed by atoms with Gasteiger partial charge in [-0.1, -0.05) is 23.7 Å². The zero-order chi connectivity index (χ0) is 15.5. The largest absolute Gasteiger partial charge is 0.506 e. The fraction of sp³-hybridized carbons (Fsp3) is 0.125. The van der Waals surface area contributed by atoms with Crippen molar-refractivity contribution in [1.82, 2.24) is 4.98 Å². The van der Waals surface area contributed by atoms with Crippen molar-refractivity contribution in [3.8, 4) is 5.75 Å². The number of rotatable bonds is 4. The van der Waals surface area contributed by atoms with Gasteiger partial charge >= 0.3 is 0 Å². The Morgan fingerprint density at radius 1 is 1.27 bits per heavy atom. The Kier molecular flexibility index (Phi) is 4.27. The predicted octanol–water partition coefficient (Wildman–Crippen LogP) is 4.23. The molecule has 22 heavy (non-hydrogen) atoms. The minimum atomic E-state index is -0.183. The van der Waals surface area contributed by atoms with Gasteiger partial charge in [0.15, 0.2) is 0 Å². The molecule has 0 radical (unpaired) electrons. The number of aromatic hydroxyl groups is 1. The van der Waals surface area contributed by atoms with Crippen LogP contribution in [0.25, 0.3) is 10.2 Å². The highest BCUT2D eigenvalue weighted by atomic mass is 35.5. The molecule has 0 atom stereocenters. The number of thiazole rings is 1. The topological polar surface area (TPSA) is 62.2 Å². The molecule has 0 aliphatic carbocycles. The maximum Gasteiger partial charge on any atom is 0.224 e. The Hall–Kier alpha value is -2.11. The molecule has 2 N–H and O–H groups in total. The first kappa shape index (κ1) is 14.8. The number of hydrogen-bond donors (Lipinski definition) is 2. The second-order valence-corrected chi connectivity index (χ2v) is 6.34. The van der Waals surface area contributed by atoms with Crippen molar-refractivity contribution < 1.29 is 9.90 Å². The van der Waals surface area contributed by atoms with Crippen LogP contribution >= 0.6 is 22.9 Å². The normalized spacial score (nSPS) is 10.8. The lowest BCUT2D eigenvalue weighted by atomic mass is 10.2. The van der Waals surface area contributed by atoms with E-state index in [1.165, 1.54) is 12.1 Å². The first-order valence-electron chi connectivity index (χ1n) is 6.74. The van der Waals surface area contributed by atoms with E-state index in [2.05, 4.69) is 10.3 Å². The molecular formula is C16H13ClN2O2S. The van der Waals surface area contributed by atoms with Crippen LogP contribution in [0, 0.1) is 0 Å². The Morgan fingerprint density at radius 3 is 2.91 bits per heavy atom. The third-order valence-electron chi connectivity index (χ3n) is 3.14. The number of hydrogen-bond acceptors (Lipinski definition) is 4. The second-order valence-electron chi connectivity index (χ2n) is 4.78. The first-order chi connectivity index (χ1) is 10.6. The van der Waals surface area contributed by atoms with E-state index >= 15 is 0 Å². The van der Waals surface area contributed by atoms with E-state index in [4.69, 9.17) is 11.6 Å². The van der Waals surface area contributed by atoms with Crippen molar-refractivity contribution in [2.75, 3.05) is 5.32 Å². The molecule has 0 fully saturated rings. The molecule has 6 heteroatoms. The summed E-state index contributed by atoms with van der Waals surface area (Å²) in [6.07, 6.45) is 0.859. The lowest BCUT2D eigenvalue weighted by molar-refractivity contribution is -0.116. The Labute approximate surface area is 136 Å². The molecular weight excluding hydrogens is 320 g/mol. The van der Waals surface area contributed by atoms with E-state index in [1.54, 1.807) is 17.4 Å². The summed E-state index contributed by atoms with van der Waals surface area (Å²) < 4.78 is 1.12. The number of amides is 1. The molecule has 4 nitrogen and oxygen atoms in total. The van der Waals surface area contributed by atoms with Crippen LogP contribution in [0.1, 0.15) is 11.4 Å². The zero-order valence-corrected chi connectivity index (χ0v) is 13.1. The summed E-state index contributed by atoms with van der Waals surface area (Å²) in [6, 6.07) is 12.4. The lowest BCUT2D eigenvalue weighted by Gasteiger charge is -2.07. The number of nitrogens with one attached hydrogen (secondary N) is 1. The summed E-state index contributed by atoms with van der Waals surface area (Å²) in [5.41, 5.74) is 1.28. The molecule has 1 aromatic heterocycles. The highest BCUT2D eigenvalue weighted by Gasteiger charge is 2.09. The van der Waals surface area contributed by atoms with Crippen LogP contribution in [0.2, 0.25) is 5.02 Å². The average molecular weight is 333 g/mol. The number of anilines is 1. The van der Waals surface area contributed by atoms with Gasteiger partial charge in [0.25, 0.3) is 0 Å². The quantitative estimate of drug-likeness (QED) is 0.703. The number of carbonyl (C=O) groups is 1. The molecule has 0 aliphatic rings. The Bertz CT molecular complexity index is 799. The standard InChI is InChI=1S/C16H13ClN2O2S/c17-10-5-6-13(20)12(9-10)18-15(21)7-8-16-19-11-3-1-2-4-14(11)22-16/h1-6,9,20H,7-8H2,(H,18,21). The third-order valence-corrected chi connectivity index (χ3v) is 4.47. The summed E-state index contributed by atoms with van der Waals surface area (Å²) in [7, 11) is 0. The van der Waals surface area contributed by atoms with Gasteiger partial charge < -0.3 is 10.4 Å². The number of aryl methyl sites for hydroxylation is 1. The minimum absolute atomic E-state index is 0.00210. The number of aromatic nitrogens is 1. The van der Waals surface area contributed by atoms with Gasteiger partial charge in [0, 0.05) is 17.9 Å². The number of halogens is 1. The molecule has 3 aromatic rings. The number of fused-ring (bicyclic) bond motifs is 1. The first-order valence-corrected chi connectivity index (χ1v) is 7.94. The number of phenolic OH excluding ortho intramolecular Hbond substituents is 1. The smallest absolute Gasteiger partial charge is 0.224 e. The lowest BCUT2D eigenvalue weighted by Crippen LogP contribution is -2.12. The summed E-state index contributed by atoms with van der Waals surface area (Å²) in [4.78, 5) is 16.5. The fourth-order valence-electron chi connectivity index (χ4n) is 2.07. The highest BCUT2D eigenvalue weighted by Crippen LogP contribution is 2.27. The second kappa shape index (κ2) is 6.34. The van der Waals surface area contributed by atoms with Crippen LogP contribution in [0.5, 0.6) is 5.75 Å². The summed E-state index contributed by atoms with van der Waals surface area (Å²) in [5.74, 6) is -0.186. The van der Waals surface area contributed by atoms with Crippen LogP contribution < -0.4 is 5.32 Å². The van der Waals surface area contributed by atoms with E-state index in [0.717, 1.165) is 15.2 Å². The van der Waals surface area contributed by atoms with Crippen molar-refractivity contribution in [1.29, 1.82) is 0 Å². The fourth-order valence-corrected chi connectivity index (χ4v) is 3.21. The summed E-state index contributed by atoms with van der Waals surface area (Å²) in [6.45, 7) is 0. The van der Waals surface area contributed by atoms with Gasteiger partial charge in [0.2, 0.25) is 5.91 Å². The van der Waals surface area contributed by atoms with E-state index < -0.39 is 0 Å². The van der Waals surface area contributed by atoms with Gasteiger partial charge in [0.05, 0.1) is 20.9 Å². The van der Waals surface area contributed by atoms with E-state index in [1.807, 2.05) is 24.3 Å². The molecule has 112 valence electrons. The van der Waals surface area contributed by atoms with Gasteiger partial charge in [-0.25, -0.2) is 4.98 Å². The Balaban J connectivity index is 1.63. The SMILES string of the molecule is O=C(CCc1nc2ccccc2s1)Nc1cc(Cl)ccc1O. The van der Waals surface area contributed by atoms with Gasteiger partial charge in [0.1, 0.15) is 5.75 Å². The molecule has 0 bridgehead atoms. The zero-order valence-electron chi connectivity index (χ0n) is 11.5. The van der Waals surface area contributed by atoms with Crippen molar-refractivity contribution in [3.05, 3.63) is 52.5 Å². The van der Waals surface area contributed by atoms with E-state index in [9.17, 15) is 9.90 Å². The van der Waals surface area contributed by atoms with Crippen LogP contribution in [0.3, 0.4) is 0 Å². The molecule has 0 unspecified atom stereocenters. The molecule has 0 saturated carbocycles. The number of nitrogens with zero attached hydrogens (tertiary/aromatic N) is 1. The average Bonchev–Trinajstić information content (AvgIpc) is 2.92. The van der Waals surface area contributed by atoms with Gasteiger partial charge in [-0.05, 0) is 30.3 Å². The van der Waals surface area contributed by atoms with Crippen molar-refractivity contribution in [3.63, 3.8) is 0 Å². The molecule has 0 saturated heterocycles. The third kappa shape index (κ3) is 3.37. The van der Waals surface area contributed by atoms with Crippen LogP contribution in [-0.2, 0) is 11.2 Å². The molecule has 3 rings (SSSR count). The van der Waals surface area contributed by atoms with Gasteiger partial charge in [-0.2, -0.15) is 0 Å². The summed E-state index contributed by atoms with van der Waals surface area (Å²) >= 11 is 7.44. The van der Waals surface area contributed by atoms with Crippen molar-refractivity contribution in [2.24, 2.45) is 0 Å². The number of carbonyl (C=O) groups excluding carboxylic acids is 1. The predicted molar refractivity (Wildman–Crippen MR) is 89.7 cm³/mol. The number of para-hydroxylation sites is 1. The monoisotopic (exact) mass is 332 g/mol. The molecule has 2 aromatic carbocycles. The highest BCUT2D eigenvalue weighted by molar-refractivity contribution is 7.18.